The fourth-order valence-corrected chi connectivity index (χ4v) is 2.68. The number of hydrogen-bond acceptors (Lipinski definition) is 4. The van der Waals surface area contributed by atoms with Gasteiger partial charge in [0, 0.05) is 18.8 Å². The first-order valence-electron chi connectivity index (χ1n) is 7.77. The van der Waals surface area contributed by atoms with Gasteiger partial charge in [0.2, 0.25) is 0 Å². The van der Waals surface area contributed by atoms with Gasteiger partial charge < -0.3 is 15.7 Å². The summed E-state index contributed by atoms with van der Waals surface area (Å²) in [6, 6.07) is 10.8. The van der Waals surface area contributed by atoms with E-state index in [2.05, 4.69) is 10.6 Å². The van der Waals surface area contributed by atoms with Crippen molar-refractivity contribution in [3.8, 4) is 5.75 Å². The molecule has 2 aromatic rings. The normalized spacial score (nSPS) is 12.9. The van der Waals surface area contributed by atoms with E-state index >= 15 is 0 Å². The first-order valence-corrected chi connectivity index (χ1v) is 7.77. The van der Waals surface area contributed by atoms with Crippen molar-refractivity contribution in [1.82, 2.24) is 10.2 Å². The van der Waals surface area contributed by atoms with Crippen LogP contribution < -0.4 is 10.6 Å². The van der Waals surface area contributed by atoms with E-state index in [0.29, 0.717) is 16.8 Å². The summed E-state index contributed by atoms with van der Waals surface area (Å²) in [7, 11) is 0. The van der Waals surface area contributed by atoms with Crippen LogP contribution in [0.4, 0.5) is 10.5 Å². The number of imide groups is 1. The van der Waals surface area contributed by atoms with Crippen LogP contribution in [0.1, 0.15) is 26.3 Å². The number of aromatic hydroxyl groups is 1. The third kappa shape index (κ3) is 3.30. The monoisotopic (exact) mass is 339 g/mol. The Kier molecular flexibility index (Phi) is 4.38. The van der Waals surface area contributed by atoms with Crippen molar-refractivity contribution in [3.05, 3.63) is 59.2 Å². The van der Waals surface area contributed by atoms with Crippen LogP contribution in [-0.4, -0.2) is 40.9 Å². The number of benzene rings is 2. The Morgan fingerprint density at radius 3 is 2.32 bits per heavy atom. The molecule has 0 unspecified atom stereocenters. The molecule has 4 amide bonds. The lowest BCUT2D eigenvalue weighted by Crippen LogP contribution is -2.39. The maximum Gasteiger partial charge on any atom is 0.319 e. The van der Waals surface area contributed by atoms with E-state index < -0.39 is 6.03 Å². The van der Waals surface area contributed by atoms with Gasteiger partial charge in [-0.15, -0.1) is 0 Å². The number of urea groups is 1. The lowest BCUT2D eigenvalue weighted by Gasteiger charge is -2.15. The van der Waals surface area contributed by atoms with Gasteiger partial charge in [-0.3, -0.25) is 14.5 Å². The molecule has 0 fully saturated rings. The van der Waals surface area contributed by atoms with Gasteiger partial charge in [-0.25, -0.2) is 4.79 Å². The predicted molar refractivity (Wildman–Crippen MR) is 91.7 cm³/mol. The highest BCUT2D eigenvalue weighted by Gasteiger charge is 2.34. The molecular weight excluding hydrogens is 322 g/mol. The Labute approximate surface area is 144 Å². The number of nitrogens with zero attached hydrogens (tertiary/aromatic N) is 1. The molecule has 3 N–H and O–H groups in total. The number of amides is 4. The summed E-state index contributed by atoms with van der Waals surface area (Å²) in [4.78, 5) is 37.5. The number of anilines is 1. The number of phenols is 1. The van der Waals surface area contributed by atoms with Crippen molar-refractivity contribution in [2.45, 2.75) is 6.92 Å². The molecule has 7 heteroatoms. The smallest absolute Gasteiger partial charge is 0.319 e. The number of rotatable bonds is 4. The van der Waals surface area contributed by atoms with E-state index in [1.807, 2.05) is 0 Å². The highest BCUT2D eigenvalue weighted by Crippen LogP contribution is 2.22. The number of fused-ring (bicyclic) bond motifs is 1. The molecule has 0 saturated heterocycles. The quantitative estimate of drug-likeness (QED) is 0.587. The minimum Gasteiger partial charge on any atom is -0.508 e. The molecule has 0 spiro atoms. The molecule has 0 radical (unpaired) electrons. The number of nitrogens with one attached hydrogen (secondary N) is 2. The van der Waals surface area contributed by atoms with Crippen LogP contribution in [0.15, 0.2) is 42.5 Å². The second-order valence-corrected chi connectivity index (χ2v) is 5.69. The van der Waals surface area contributed by atoms with E-state index in [9.17, 15) is 19.5 Å². The fourth-order valence-electron chi connectivity index (χ4n) is 2.68. The van der Waals surface area contributed by atoms with E-state index in [1.54, 1.807) is 37.3 Å². The van der Waals surface area contributed by atoms with Crippen molar-refractivity contribution in [2.75, 3.05) is 18.4 Å². The van der Waals surface area contributed by atoms with Gasteiger partial charge in [-0.1, -0.05) is 12.1 Å². The molecule has 3 rings (SSSR count). The number of phenolic OH excluding ortho intramolecular Hbond substituents is 1. The molecule has 0 atom stereocenters. The fraction of sp³-hybridized carbons (Fsp3) is 0.167. The Balaban J connectivity index is 1.54. The van der Waals surface area contributed by atoms with E-state index in [0.717, 1.165) is 10.5 Å². The summed E-state index contributed by atoms with van der Waals surface area (Å²) < 4.78 is 0. The molecule has 1 aliphatic heterocycles. The molecule has 0 saturated carbocycles. The first kappa shape index (κ1) is 16.5. The highest BCUT2D eigenvalue weighted by molar-refractivity contribution is 6.21. The predicted octanol–water partition coefficient (Wildman–Crippen LogP) is 2.12. The molecule has 128 valence electrons. The average molecular weight is 339 g/mol. The summed E-state index contributed by atoms with van der Waals surface area (Å²) in [5.74, 6) is -0.580. The van der Waals surface area contributed by atoms with Crippen LogP contribution in [0.2, 0.25) is 0 Å². The zero-order chi connectivity index (χ0) is 18.0. The van der Waals surface area contributed by atoms with Crippen LogP contribution in [0.3, 0.4) is 0 Å². The van der Waals surface area contributed by atoms with Crippen LogP contribution in [0, 0.1) is 6.92 Å². The average Bonchev–Trinajstić information content (AvgIpc) is 2.83. The van der Waals surface area contributed by atoms with Gasteiger partial charge in [0.15, 0.2) is 0 Å². The van der Waals surface area contributed by atoms with Crippen molar-refractivity contribution in [2.24, 2.45) is 0 Å². The van der Waals surface area contributed by atoms with Crippen molar-refractivity contribution in [1.29, 1.82) is 0 Å². The summed E-state index contributed by atoms with van der Waals surface area (Å²) >= 11 is 0. The van der Waals surface area contributed by atoms with Gasteiger partial charge in [-0.2, -0.15) is 0 Å². The molecule has 1 heterocycles. The number of carbonyl (C=O) groups excluding carboxylic acids is 3. The van der Waals surface area contributed by atoms with Crippen LogP contribution in [0.5, 0.6) is 5.75 Å². The summed E-state index contributed by atoms with van der Waals surface area (Å²) in [6.07, 6.45) is 0. The largest absolute Gasteiger partial charge is 0.508 e. The zero-order valence-corrected chi connectivity index (χ0v) is 13.6. The Bertz CT molecular complexity index is 828. The Morgan fingerprint density at radius 1 is 1.08 bits per heavy atom. The van der Waals surface area contributed by atoms with Gasteiger partial charge in [0.1, 0.15) is 5.75 Å². The van der Waals surface area contributed by atoms with Crippen LogP contribution in [0.25, 0.3) is 0 Å². The molecule has 0 bridgehead atoms. The Hall–Kier alpha value is -3.35. The number of hydrogen-bond donors (Lipinski definition) is 3. The summed E-state index contributed by atoms with van der Waals surface area (Å²) in [5.41, 5.74) is 2.06. The molecule has 1 aliphatic rings. The van der Waals surface area contributed by atoms with E-state index in [-0.39, 0.29) is 30.7 Å². The molecule has 2 aromatic carbocycles. The lowest BCUT2D eigenvalue weighted by molar-refractivity contribution is 0.0656. The molecular formula is C18H17N3O4. The lowest BCUT2D eigenvalue weighted by atomic mass is 10.1. The number of aryl methyl sites for hydroxylation is 1. The highest BCUT2D eigenvalue weighted by atomic mass is 16.3. The van der Waals surface area contributed by atoms with E-state index in [4.69, 9.17) is 0 Å². The van der Waals surface area contributed by atoms with Crippen molar-refractivity contribution in [3.63, 3.8) is 0 Å². The van der Waals surface area contributed by atoms with Gasteiger partial charge in [0.25, 0.3) is 11.8 Å². The summed E-state index contributed by atoms with van der Waals surface area (Å²) in [5, 5.41) is 14.6. The minimum absolute atomic E-state index is 0.0916. The minimum atomic E-state index is -0.453. The third-order valence-corrected chi connectivity index (χ3v) is 3.96. The van der Waals surface area contributed by atoms with Gasteiger partial charge >= 0.3 is 6.03 Å². The topological polar surface area (TPSA) is 98.7 Å². The molecule has 0 aliphatic carbocycles. The SMILES string of the molecule is Cc1cc(O)ccc1NC(=O)NCCN1C(=O)c2ccccc2C1=O. The number of carbonyl (C=O) groups is 3. The van der Waals surface area contributed by atoms with Gasteiger partial charge in [0.05, 0.1) is 11.1 Å². The van der Waals surface area contributed by atoms with Crippen LogP contribution >= 0.6 is 0 Å². The molecule has 7 nitrogen and oxygen atoms in total. The van der Waals surface area contributed by atoms with Crippen molar-refractivity contribution >= 4 is 23.5 Å². The third-order valence-electron chi connectivity index (χ3n) is 3.96. The standard InChI is InChI=1S/C18H17N3O4/c1-11-10-12(22)6-7-15(11)20-18(25)19-8-9-21-16(23)13-4-2-3-5-14(13)17(21)24/h2-7,10,22H,8-9H2,1H3,(H2,19,20,25). The summed E-state index contributed by atoms with van der Waals surface area (Å²) in [6.45, 7) is 1.98. The van der Waals surface area contributed by atoms with Gasteiger partial charge in [-0.05, 0) is 42.8 Å². The molecule has 25 heavy (non-hydrogen) atoms. The van der Waals surface area contributed by atoms with Crippen LogP contribution in [-0.2, 0) is 0 Å². The first-order chi connectivity index (χ1) is 12.0. The second-order valence-electron chi connectivity index (χ2n) is 5.69. The Morgan fingerprint density at radius 2 is 1.72 bits per heavy atom. The molecule has 0 aromatic heterocycles. The maximum atomic E-state index is 12.2. The maximum absolute atomic E-state index is 12.2. The zero-order valence-electron chi connectivity index (χ0n) is 13.6. The van der Waals surface area contributed by atoms with E-state index in [1.165, 1.54) is 12.1 Å². The second kappa shape index (κ2) is 6.64. The van der Waals surface area contributed by atoms with Crippen molar-refractivity contribution < 1.29 is 19.5 Å².